The van der Waals surface area contributed by atoms with Crippen molar-refractivity contribution in [3.05, 3.63) is 0 Å². The van der Waals surface area contributed by atoms with Crippen LogP contribution in [-0.4, -0.2) is 36.1 Å². The fourth-order valence-corrected chi connectivity index (χ4v) is 4.17. The lowest BCUT2D eigenvalue weighted by molar-refractivity contribution is 0.102. The van der Waals surface area contributed by atoms with Crippen molar-refractivity contribution in [3.63, 3.8) is 0 Å². The van der Waals surface area contributed by atoms with Gasteiger partial charge in [-0.1, -0.05) is 40.5 Å². The molecule has 1 N–H and O–H groups in total. The van der Waals surface area contributed by atoms with Gasteiger partial charge in [-0.25, -0.2) is 0 Å². The Morgan fingerprint density at radius 1 is 1.00 bits per heavy atom. The molecule has 2 unspecified atom stereocenters. The first-order valence-electron chi connectivity index (χ1n) is 8.58. The van der Waals surface area contributed by atoms with Gasteiger partial charge >= 0.3 is 0 Å². The van der Waals surface area contributed by atoms with Crippen LogP contribution >= 0.6 is 0 Å². The molecule has 1 saturated carbocycles. The third-order valence-corrected chi connectivity index (χ3v) is 5.22. The van der Waals surface area contributed by atoms with E-state index in [0.29, 0.717) is 6.04 Å². The number of nitrogens with zero attached hydrogens (tertiary/aromatic N) is 1. The van der Waals surface area contributed by atoms with Crippen LogP contribution in [0.5, 0.6) is 0 Å². The van der Waals surface area contributed by atoms with Gasteiger partial charge in [0.15, 0.2) is 0 Å². The highest BCUT2D eigenvalue weighted by atomic mass is 15.2. The van der Waals surface area contributed by atoms with E-state index >= 15 is 0 Å². The van der Waals surface area contributed by atoms with Crippen LogP contribution in [0.2, 0.25) is 0 Å². The number of nitrogens with one attached hydrogen (secondary N) is 1. The van der Waals surface area contributed by atoms with E-state index in [4.69, 9.17) is 0 Å². The van der Waals surface area contributed by atoms with Gasteiger partial charge in [0.25, 0.3) is 0 Å². The summed E-state index contributed by atoms with van der Waals surface area (Å²) in [5.41, 5.74) is 0. The molecule has 1 aliphatic heterocycles. The van der Waals surface area contributed by atoms with E-state index in [1.807, 2.05) is 0 Å². The molecule has 2 aliphatic rings. The number of likely N-dealkylation sites (tertiary alicyclic amines) is 1. The molecule has 0 aromatic heterocycles. The topological polar surface area (TPSA) is 15.3 Å². The molecule has 0 amide bonds. The molecule has 112 valence electrons. The standard InChI is InChI=1S/C17H34N2/c1-13(2)17(12-18-14(3)4)19-11-7-10-16(19)15-8-5-6-9-15/h13-18H,5-12H2,1-4H3. The summed E-state index contributed by atoms with van der Waals surface area (Å²) in [4.78, 5) is 2.87. The van der Waals surface area contributed by atoms with Crippen molar-refractivity contribution < 1.29 is 0 Å². The normalized spacial score (nSPS) is 27.8. The molecule has 2 rings (SSSR count). The highest BCUT2D eigenvalue weighted by Crippen LogP contribution is 2.37. The summed E-state index contributed by atoms with van der Waals surface area (Å²) in [5.74, 6) is 1.76. The van der Waals surface area contributed by atoms with Crippen LogP contribution in [0.4, 0.5) is 0 Å². The van der Waals surface area contributed by atoms with E-state index in [0.717, 1.165) is 23.9 Å². The monoisotopic (exact) mass is 266 g/mol. The van der Waals surface area contributed by atoms with Crippen molar-refractivity contribution in [2.75, 3.05) is 13.1 Å². The molecule has 1 saturated heterocycles. The van der Waals surface area contributed by atoms with Crippen molar-refractivity contribution in [3.8, 4) is 0 Å². The Hall–Kier alpha value is -0.0800. The lowest BCUT2D eigenvalue weighted by Crippen LogP contribution is -2.50. The van der Waals surface area contributed by atoms with E-state index in [2.05, 4.69) is 37.9 Å². The number of hydrogen-bond acceptors (Lipinski definition) is 2. The molecule has 2 nitrogen and oxygen atoms in total. The maximum Gasteiger partial charge on any atom is 0.0246 e. The second-order valence-corrected chi connectivity index (χ2v) is 7.37. The third kappa shape index (κ3) is 3.95. The predicted octanol–water partition coefficient (Wildman–Crippen LogP) is 3.66. The Bertz CT molecular complexity index is 256. The molecule has 2 heteroatoms. The smallest absolute Gasteiger partial charge is 0.0246 e. The van der Waals surface area contributed by atoms with Crippen LogP contribution in [-0.2, 0) is 0 Å². The molecule has 0 radical (unpaired) electrons. The van der Waals surface area contributed by atoms with Gasteiger partial charge in [0.1, 0.15) is 0 Å². The van der Waals surface area contributed by atoms with Gasteiger partial charge in [0.2, 0.25) is 0 Å². The molecule has 0 spiro atoms. The molecular formula is C17H34N2. The highest BCUT2D eigenvalue weighted by molar-refractivity contribution is 4.92. The molecule has 2 atom stereocenters. The number of rotatable bonds is 6. The second-order valence-electron chi connectivity index (χ2n) is 7.37. The molecular weight excluding hydrogens is 232 g/mol. The van der Waals surface area contributed by atoms with E-state index in [9.17, 15) is 0 Å². The van der Waals surface area contributed by atoms with Crippen LogP contribution < -0.4 is 5.32 Å². The largest absolute Gasteiger partial charge is 0.313 e. The molecule has 19 heavy (non-hydrogen) atoms. The summed E-state index contributed by atoms with van der Waals surface area (Å²) < 4.78 is 0. The van der Waals surface area contributed by atoms with E-state index < -0.39 is 0 Å². The van der Waals surface area contributed by atoms with E-state index in [1.54, 1.807) is 0 Å². The van der Waals surface area contributed by atoms with Gasteiger partial charge in [-0.05, 0) is 44.1 Å². The fraction of sp³-hybridized carbons (Fsp3) is 1.00. The highest BCUT2D eigenvalue weighted by Gasteiger charge is 2.37. The minimum Gasteiger partial charge on any atom is -0.313 e. The maximum atomic E-state index is 3.67. The summed E-state index contributed by atoms with van der Waals surface area (Å²) in [5, 5.41) is 3.67. The van der Waals surface area contributed by atoms with Gasteiger partial charge < -0.3 is 5.32 Å². The van der Waals surface area contributed by atoms with Crippen LogP contribution in [0, 0.1) is 11.8 Å². The number of hydrogen-bond donors (Lipinski definition) is 1. The van der Waals surface area contributed by atoms with Crippen LogP contribution in [0.25, 0.3) is 0 Å². The lowest BCUT2D eigenvalue weighted by Gasteiger charge is -2.39. The minimum absolute atomic E-state index is 0.605. The Morgan fingerprint density at radius 3 is 2.26 bits per heavy atom. The molecule has 0 aromatic rings. The first-order valence-corrected chi connectivity index (χ1v) is 8.58. The zero-order valence-electron chi connectivity index (χ0n) is 13.5. The second kappa shape index (κ2) is 7.08. The van der Waals surface area contributed by atoms with Gasteiger partial charge in [-0.2, -0.15) is 0 Å². The van der Waals surface area contributed by atoms with Gasteiger partial charge in [-0.15, -0.1) is 0 Å². The molecule has 1 aliphatic carbocycles. The van der Waals surface area contributed by atoms with E-state index in [-0.39, 0.29) is 0 Å². The minimum atomic E-state index is 0.605. The summed E-state index contributed by atoms with van der Waals surface area (Å²) >= 11 is 0. The average molecular weight is 266 g/mol. The molecule has 2 fully saturated rings. The summed E-state index contributed by atoms with van der Waals surface area (Å²) in [6, 6.07) is 2.23. The van der Waals surface area contributed by atoms with Gasteiger partial charge in [0, 0.05) is 24.7 Å². The first-order chi connectivity index (χ1) is 9.09. The van der Waals surface area contributed by atoms with Crippen molar-refractivity contribution in [2.45, 2.75) is 84.3 Å². The predicted molar refractivity (Wildman–Crippen MR) is 83.5 cm³/mol. The lowest BCUT2D eigenvalue weighted by atomic mass is 9.93. The van der Waals surface area contributed by atoms with Gasteiger partial charge in [0.05, 0.1) is 0 Å². The Labute approximate surface area is 120 Å². The maximum absolute atomic E-state index is 3.67. The summed E-state index contributed by atoms with van der Waals surface area (Å²) in [6.45, 7) is 11.8. The quantitative estimate of drug-likeness (QED) is 0.789. The van der Waals surface area contributed by atoms with E-state index in [1.165, 1.54) is 51.6 Å². The van der Waals surface area contributed by atoms with Gasteiger partial charge in [-0.3, -0.25) is 4.90 Å². The van der Waals surface area contributed by atoms with Crippen LogP contribution in [0.1, 0.15) is 66.2 Å². The first kappa shape index (κ1) is 15.3. The molecule has 1 heterocycles. The summed E-state index contributed by atoms with van der Waals surface area (Å²) in [6.07, 6.45) is 8.81. The fourth-order valence-electron chi connectivity index (χ4n) is 4.17. The van der Waals surface area contributed by atoms with Crippen molar-refractivity contribution in [1.29, 1.82) is 0 Å². The average Bonchev–Trinajstić information content (AvgIpc) is 2.97. The molecule has 0 bridgehead atoms. The van der Waals surface area contributed by atoms with Crippen LogP contribution in [0.15, 0.2) is 0 Å². The Kier molecular flexibility index (Phi) is 5.70. The Balaban J connectivity index is 1.97. The van der Waals surface area contributed by atoms with Crippen molar-refractivity contribution >= 4 is 0 Å². The zero-order valence-corrected chi connectivity index (χ0v) is 13.5. The summed E-state index contributed by atoms with van der Waals surface area (Å²) in [7, 11) is 0. The molecule has 0 aromatic carbocycles. The SMILES string of the molecule is CC(C)NCC(C(C)C)N1CCCC1C1CCCC1. The zero-order chi connectivity index (χ0) is 13.8. The Morgan fingerprint density at radius 2 is 1.68 bits per heavy atom. The van der Waals surface area contributed by atoms with Crippen molar-refractivity contribution in [2.24, 2.45) is 11.8 Å². The third-order valence-electron chi connectivity index (χ3n) is 5.22. The van der Waals surface area contributed by atoms with Crippen LogP contribution in [0.3, 0.4) is 0 Å². The van der Waals surface area contributed by atoms with Crippen molar-refractivity contribution in [1.82, 2.24) is 10.2 Å².